The molecule has 0 aromatic rings. The van der Waals surface area contributed by atoms with Crippen molar-refractivity contribution in [2.45, 2.75) is 91.5 Å². The largest absolute Gasteiger partial charge is 0.462 e. The van der Waals surface area contributed by atoms with Crippen LogP contribution in [0.1, 0.15) is 74.1 Å². The molecule has 0 aromatic heterocycles. The molecule has 1 unspecified atom stereocenters. The van der Waals surface area contributed by atoms with E-state index in [0.717, 1.165) is 19.3 Å². The Morgan fingerprint density at radius 3 is 2.34 bits per heavy atom. The van der Waals surface area contributed by atoms with E-state index in [1.807, 2.05) is 32.9 Å². The van der Waals surface area contributed by atoms with Crippen LogP contribution < -0.4 is 0 Å². The quantitative estimate of drug-likeness (QED) is 0.548. The van der Waals surface area contributed by atoms with Gasteiger partial charge in [-0.1, -0.05) is 32.1 Å². The molecule has 2 aliphatic carbocycles. The molecular weight excluding hydrogens is 368 g/mol. The van der Waals surface area contributed by atoms with Crippen molar-refractivity contribution < 1.29 is 24.2 Å². The Kier molecular flexibility index (Phi) is 7.04. The molecule has 0 aromatic carbocycles. The number of hydrogen-bond donors (Lipinski definition) is 1. The molecule has 5 heteroatoms. The molecule has 0 saturated heterocycles. The number of allylic oxidation sites excluding steroid dienone is 3. The summed E-state index contributed by atoms with van der Waals surface area (Å²) in [4.78, 5) is 23.9. The maximum atomic E-state index is 12.0. The second-order valence-electron chi connectivity index (χ2n) is 10.1. The maximum Gasteiger partial charge on any atom is 0.303 e. The Labute approximate surface area is 175 Å². The van der Waals surface area contributed by atoms with Gasteiger partial charge in [0.1, 0.15) is 11.7 Å². The predicted octanol–water partition coefficient (Wildman–Crippen LogP) is 4.59. The zero-order valence-corrected chi connectivity index (χ0v) is 19.0. The van der Waals surface area contributed by atoms with Gasteiger partial charge in [0.05, 0.1) is 5.60 Å². The Hall–Kier alpha value is -1.62. The van der Waals surface area contributed by atoms with Gasteiger partial charge in [-0.05, 0) is 63.4 Å². The highest BCUT2D eigenvalue weighted by Crippen LogP contribution is 2.55. The molecule has 0 aliphatic heterocycles. The van der Waals surface area contributed by atoms with E-state index in [1.165, 1.54) is 13.8 Å². The highest BCUT2D eigenvalue weighted by Gasteiger charge is 2.54. The van der Waals surface area contributed by atoms with E-state index in [-0.39, 0.29) is 29.2 Å². The minimum atomic E-state index is -0.909. The fourth-order valence-electron chi connectivity index (χ4n) is 5.26. The lowest BCUT2D eigenvalue weighted by molar-refractivity contribution is -0.165. The van der Waals surface area contributed by atoms with Crippen LogP contribution in [-0.4, -0.2) is 34.4 Å². The molecule has 0 heterocycles. The van der Waals surface area contributed by atoms with E-state index in [1.54, 1.807) is 0 Å². The summed E-state index contributed by atoms with van der Waals surface area (Å²) in [5.74, 6) is -0.524. The zero-order chi connectivity index (χ0) is 22.0. The number of esters is 2. The highest BCUT2D eigenvalue weighted by molar-refractivity contribution is 5.67. The van der Waals surface area contributed by atoms with E-state index in [9.17, 15) is 14.7 Å². The average Bonchev–Trinajstić information content (AvgIpc) is 2.88. The summed E-state index contributed by atoms with van der Waals surface area (Å²) >= 11 is 0. The number of aliphatic hydroxyl groups is 1. The fourth-order valence-corrected chi connectivity index (χ4v) is 5.26. The monoisotopic (exact) mass is 406 g/mol. The molecule has 2 rings (SSSR count). The normalized spacial score (nSPS) is 40.3. The zero-order valence-electron chi connectivity index (χ0n) is 19.0. The molecule has 1 N–H and O–H groups in total. The Morgan fingerprint density at radius 2 is 1.79 bits per heavy atom. The van der Waals surface area contributed by atoms with Gasteiger partial charge in [0.15, 0.2) is 0 Å². The smallest absolute Gasteiger partial charge is 0.303 e. The van der Waals surface area contributed by atoms with Gasteiger partial charge in [0, 0.05) is 26.2 Å². The summed E-state index contributed by atoms with van der Waals surface area (Å²) in [6.07, 6.45) is 10.9. The van der Waals surface area contributed by atoms with Crippen LogP contribution in [0.25, 0.3) is 0 Å². The lowest BCUT2D eigenvalue weighted by atomic mass is 9.68. The summed E-state index contributed by atoms with van der Waals surface area (Å²) in [5.41, 5.74) is -2.02. The minimum absolute atomic E-state index is 0.0388. The van der Waals surface area contributed by atoms with Crippen molar-refractivity contribution in [2.24, 2.45) is 23.2 Å². The van der Waals surface area contributed by atoms with Crippen LogP contribution in [0.15, 0.2) is 24.3 Å². The summed E-state index contributed by atoms with van der Waals surface area (Å²) in [6.45, 7) is 12.7. The molecule has 1 fully saturated rings. The molecule has 5 nitrogen and oxygen atoms in total. The number of carbonyl (C=O) groups excluding carboxylic acids is 2. The van der Waals surface area contributed by atoms with E-state index in [0.29, 0.717) is 12.3 Å². The SMILES string of the molecule is CC(=O)O[C@H]1C[C@](C)(OC(C)=O)/C=C/C[C@@H](C)/C=C/[C@@]2(C)CC[C@@H](C(C)(C)O)C12. The molecule has 6 atom stereocenters. The third-order valence-corrected chi connectivity index (χ3v) is 6.58. The van der Waals surface area contributed by atoms with Crippen LogP contribution in [0.3, 0.4) is 0 Å². The van der Waals surface area contributed by atoms with Gasteiger partial charge in [0.25, 0.3) is 0 Å². The van der Waals surface area contributed by atoms with Crippen molar-refractivity contribution in [1.29, 1.82) is 0 Å². The third-order valence-electron chi connectivity index (χ3n) is 6.58. The first-order chi connectivity index (χ1) is 13.3. The van der Waals surface area contributed by atoms with E-state index < -0.39 is 17.3 Å². The van der Waals surface area contributed by atoms with Crippen molar-refractivity contribution >= 4 is 11.9 Å². The van der Waals surface area contributed by atoms with Crippen molar-refractivity contribution in [3.8, 4) is 0 Å². The Balaban J connectivity index is 2.59. The molecule has 2 aliphatic rings. The number of ether oxygens (including phenoxy) is 2. The lowest BCUT2D eigenvalue weighted by Gasteiger charge is -2.43. The summed E-state index contributed by atoms with van der Waals surface area (Å²) < 4.78 is 11.6. The van der Waals surface area contributed by atoms with Gasteiger partial charge in [0.2, 0.25) is 0 Å². The van der Waals surface area contributed by atoms with Gasteiger partial charge in [-0.2, -0.15) is 0 Å². The van der Waals surface area contributed by atoms with E-state index in [2.05, 4.69) is 26.0 Å². The second-order valence-corrected chi connectivity index (χ2v) is 10.1. The van der Waals surface area contributed by atoms with Crippen LogP contribution in [-0.2, 0) is 19.1 Å². The number of fused-ring (bicyclic) bond motifs is 1. The molecule has 0 bridgehead atoms. The van der Waals surface area contributed by atoms with Crippen molar-refractivity contribution in [2.75, 3.05) is 0 Å². The summed E-state index contributed by atoms with van der Waals surface area (Å²) in [6, 6.07) is 0. The fraction of sp³-hybridized carbons (Fsp3) is 0.750. The molecule has 29 heavy (non-hydrogen) atoms. The van der Waals surface area contributed by atoms with Crippen LogP contribution in [0.2, 0.25) is 0 Å². The van der Waals surface area contributed by atoms with E-state index >= 15 is 0 Å². The van der Waals surface area contributed by atoms with Crippen molar-refractivity contribution in [3.63, 3.8) is 0 Å². The Bertz CT molecular complexity index is 673. The number of rotatable bonds is 3. The van der Waals surface area contributed by atoms with Crippen LogP contribution in [0.5, 0.6) is 0 Å². The summed E-state index contributed by atoms with van der Waals surface area (Å²) in [7, 11) is 0. The van der Waals surface area contributed by atoms with Gasteiger partial charge in [-0.3, -0.25) is 9.59 Å². The van der Waals surface area contributed by atoms with Gasteiger partial charge >= 0.3 is 11.9 Å². The topological polar surface area (TPSA) is 72.8 Å². The highest BCUT2D eigenvalue weighted by atomic mass is 16.6. The van der Waals surface area contributed by atoms with Gasteiger partial charge in [-0.15, -0.1) is 0 Å². The lowest BCUT2D eigenvalue weighted by Crippen LogP contribution is -2.47. The molecule has 164 valence electrons. The Morgan fingerprint density at radius 1 is 1.14 bits per heavy atom. The maximum absolute atomic E-state index is 12.0. The predicted molar refractivity (Wildman–Crippen MR) is 113 cm³/mol. The van der Waals surface area contributed by atoms with Crippen molar-refractivity contribution in [3.05, 3.63) is 24.3 Å². The van der Waals surface area contributed by atoms with E-state index in [4.69, 9.17) is 9.47 Å². The first-order valence-corrected chi connectivity index (χ1v) is 10.7. The molecular formula is C24H38O5. The first-order valence-electron chi connectivity index (χ1n) is 10.7. The molecule has 0 radical (unpaired) electrons. The average molecular weight is 407 g/mol. The standard InChI is InChI=1S/C24H38O5/c1-16-9-8-12-24(7,29-18(3)26)15-20(28-17(2)25)21-19(22(4,5)27)11-14-23(21,6)13-10-16/h8,10,12-13,16,19-21,27H,9,11,14-15H2,1-7H3/b12-8+,13-10+/t16-,19-,20+,21?,23+,24-/m1/s1. The minimum Gasteiger partial charge on any atom is -0.462 e. The van der Waals surface area contributed by atoms with Crippen molar-refractivity contribution in [1.82, 2.24) is 0 Å². The molecule has 0 amide bonds. The molecule has 0 spiro atoms. The van der Waals surface area contributed by atoms with Gasteiger partial charge < -0.3 is 14.6 Å². The van der Waals surface area contributed by atoms with Gasteiger partial charge in [-0.25, -0.2) is 0 Å². The number of carbonyl (C=O) groups is 2. The first kappa shape index (κ1) is 23.7. The van der Waals surface area contributed by atoms with Crippen LogP contribution in [0, 0.1) is 23.2 Å². The molecule has 1 saturated carbocycles. The second kappa shape index (κ2) is 8.63. The third kappa shape index (κ3) is 5.94. The van der Waals surface area contributed by atoms with Crippen LogP contribution in [0.4, 0.5) is 0 Å². The number of hydrogen-bond acceptors (Lipinski definition) is 5. The van der Waals surface area contributed by atoms with Crippen LogP contribution >= 0.6 is 0 Å². The summed E-state index contributed by atoms with van der Waals surface area (Å²) in [5, 5.41) is 10.9.